The SMILES string of the molecule is Cl.NCCC(=O)NCCCCc1ccc([N+](=O)[O-])cc1. The molecule has 0 bridgehead atoms. The zero-order valence-electron chi connectivity index (χ0n) is 11.2. The Balaban J connectivity index is 0.00000361. The first-order valence-corrected chi connectivity index (χ1v) is 6.33. The van der Waals surface area contributed by atoms with Crippen LogP contribution in [0.4, 0.5) is 5.69 Å². The molecule has 6 nitrogen and oxygen atoms in total. The molecule has 0 aromatic heterocycles. The Morgan fingerprint density at radius 3 is 2.45 bits per heavy atom. The van der Waals surface area contributed by atoms with Gasteiger partial charge in [0.2, 0.25) is 5.91 Å². The maximum absolute atomic E-state index is 11.1. The number of halogens is 1. The van der Waals surface area contributed by atoms with E-state index in [-0.39, 0.29) is 24.0 Å². The first-order chi connectivity index (χ1) is 9.13. The third-order valence-electron chi connectivity index (χ3n) is 2.73. The lowest BCUT2D eigenvalue weighted by atomic mass is 10.1. The van der Waals surface area contributed by atoms with E-state index in [4.69, 9.17) is 5.73 Å². The number of non-ortho nitro benzene ring substituents is 1. The van der Waals surface area contributed by atoms with Gasteiger partial charge in [0.05, 0.1) is 4.92 Å². The number of amides is 1. The second-order valence-corrected chi connectivity index (χ2v) is 4.27. The molecule has 1 aromatic carbocycles. The van der Waals surface area contributed by atoms with E-state index in [9.17, 15) is 14.9 Å². The van der Waals surface area contributed by atoms with Crippen LogP contribution < -0.4 is 11.1 Å². The lowest BCUT2D eigenvalue weighted by molar-refractivity contribution is -0.384. The number of nitrogens with one attached hydrogen (secondary N) is 1. The van der Waals surface area contributed by atoms with Crippen molar-refractivity contribution in [1.29, 1.82) is 0 Å². The number of nitrogens with two attached hydrogens (primary N) is 1. The fraction of sp³-hybridized carbons (Fsp3) is 0.462. The number of hydrogen-bond acceptors (Lipinski definition) is 4. The molecule has 0 heterocycles. The highest BCUT2D eigenvalue weighted by Gasteiger charge is 2.03. The first-order valence-electron chi connectivity index (χ1n) is 6.33. The van der Waals surface area contributed by atoms with E-state index in [0.717, 1.165) is 24.8 Å². The Hall–Kier alpha value is -1.66. The van der Waals surface area contributed by atoms with Crippen molar-refractivity contribution in [3.05, 3.63) is 39.9 Å². The molecule has 7 heteroatoms. The number of carbonyl (C=O) groups is 1. The first kappa shape index (κ1) is 18.3. The molecule has 0 saturated carbocycles. The molecule has 0 unspecified atom stereocenters. The summed E-state index contributed by atoms with van der Waals surface area (Å²) in [5, 5.41) is 13.3. The third kappa shape index (κ3) is 7.06. The molecule has 0 saturated heterocycles. The third-order valence-corrected chi connectivity index (χ3v) is 2.73. The minimum absolute atomic E-state index is 0. The van der Waals surface area contributed by atoms with Crippen molar-refractivity contribution in [3.63, 3.8) is 0 Å². The van der Waals surface area contributed by atoms with Crippen molar-refractivity contribution in [2.45, 2.75) is 25.7 Å². The van der Waals surface area contributed by atoms with Gasteiger partial charge in [-0.2, -0.15) is 0 Å². The van der Waals surface area contributed by atoms with E-state index in [1.807, 2.05) is 0 Å². The van der Waals surface area contributed by atoms with Gasteiger partial charge in [-0.1, -0.05) is 12.1 Å². The molecule has 20 heavy (non-hydrogen) atoms. The van der Waals surface area contributed by atoms with Gasteiger partial charge in [0, 0.05) is 31.6 Å². The van der Waals surface area contributed by atoms with Crippen LogP contribution in [0.15, 0.2) is 24.3 Å². The minimum Gasteiger partial charge on any atom is -0.356 e. The second-order valence-electron chi connectivity index (χ2n) is 4.27. The molecular weight excluding hydrogens is 282 g/mol. The van der Waals surface area contributed by atoms with Crippen LogP contribution in [0.25, 0.3) is 0 Å². The van der Waals surface area contributed by atoms with E-state index in [1.165, 1.54) is 12.1 Å². The van der Waals surface area contributed by atoms with Gasteiger partial charge in [-0.3, -0.25) is 14.9 Å². The quantitative estimate of drug-likeness (QED) is 0.434. The number of aryl methyl sites for hydroxylation is 1. The smallest absolute Gasteiger partial charge is 0.269 e. The van der Waals surface area contributed by atoms with Crippen molar-refractivity contribution in [2.24, 2.45) is 5.73 Å². The topological polar surface area (TPSA) is 98.3 Å². The molecule has 0 radical (unpaired) electrons. The predicted octanol–water partition coefficient (Wildman–Crippen LogP) is 1.80. The molecule has 0 spiro atoms. The van der Waals surface area contributed by atoms with Crippen LogP contribution in [0.5, 0.6) is 0 Å². The summed E-state index contributed by atoms with van der Waals surface area (Å²) in [5.41, 5.74) is 6.44. The number of unbranched alkanes of at least 4 members (excludes halogenated alkanes) is 1. The van der Waals surface area contributed by atoms with E-state index in [2.05, 4.69) is 5.32 Å². The zero-order valence-corrected chi connectivity index (χ0v) is 12.0. The van der Waals surface area contributed by atoms with Crippen LogP contribution in [0.3, 0.4) is 0 Å². The Morgan fingerprint density at radius 2 is 1.90 bits per heavy atom. The summed E-state index contributed by atoms with van der Waals surface area (Å²) in [4.78, 5) is 21.2. The lowest BCUT2D eigenvalue weighted by Crippen LogP contribution is -2.26. The number of benzene rings is 1. The molecule has 0 aliphatic carbocycles. The van der Waals surface area contributed by atoms with Crippen molar-refractivity contribution in [1.82, 2.24) is 5.32 Å². The zero-order chi connectivity index (χ0) is 14.1. The van der Waals surface area contributed by atoms with Crippen molar-refractivity contribution in [3.8, 4) is 0 Å². The number of nitro benzene ring substituents is 1. The number of nitro groups is 1. The lowest BCUT2D eigenvalue weighted by Gasteiger charge is -2.04. The Kier molecular flexibility index (Phi) is 9.32. The fourth-order valence-corrected chi connectivity index (χ4v) is 1.69. The molecule has 0 fully saturated rings. The van der Waals surface area contributed by atoms with E-state index in [1.54, 1.807) is 12.1 Å². The van der Waals surface area contributed by atoms with Gasteiger partial charge in [0.15, 0.2) is 0 Å². The summed E-state index contributed by atoms with van der Waals surface area (Å²) in [7, 11) is 0. The molecule has 112 valence electrons. The summed E-state index contributed by atoms with van der Waals surface area (Å²) >= 11 is 0. The van der Waals surface area contributed by atoms with Gasteiger partial charge < -0.3 is 11.1 Å². The average molecular weight is 302 g/mol. The maximum atomic E-state index is 11.1. The van der Waals surface area contributed by atoms with Gasteiger partial charge in [0.1, 0.15) is 0 Å². The molecule has 0 aliphatic heterocycles. The van der Waals surface area contributed by atoms with Crippen LogP contribution in [0.2, 0.25) is 0 Å². The number of carbonyl (C=O) groups excluding carboxylic acids is 1. The molecule has 3 N–H and O–H groups in total. The second kappa shape index (κ2) is 10.2. The summed E-state index contributed by atoms with van der Waals surface area (Å²) < 4.78 is 0. The van der Waals surface area contributed by atoms with Gasteiger partial charge in [-0.05, 0) is 24.8 Å². The van der Waals surface area contributed by atoms with E-state index < -0.39 is 4.92 Å². The number of nitrogens with zero attached hydrogens (tertiary/aromatic N) is 1. The number of rotatable bonds is 8. The van der Waals surface area contributed by atoms with Gasteiger partial charge in [0.25, 0.3) is 5.69 Å². The van der Waals surface area contributed by atoms with Gasteiger partial charge in [-0.25, -0.2) is 0 Å². The monoisotopic (exact) mass is 301 g/mol. The van der Waals surface area contributed by atoms with Crippen LogP contribution in [0.1, 0.15) is 24.8 Å². The highest BCUT2D eigenvalue weighted by Crippen LogP contribution is 2.13. The van der Waals surface area contributed by atoms with Crippen molar-refractivity contribution >= 4 is 24.0 Å². The summed E-state index contributed by atoms with van der Waals surface area (Å²) in [6.07, 6.45) is 3.03. The Labute approximate surface area is 124 Å². The van der Waals surface area contributed by atoms with Crippen LogP contribution >= 0.6 is 12.4 Å². The van der Waals surface area contributed by atoms with E-state index >= 15 is 0 Å². The predicted molar refractivity (Wildman–Crippen MR) is 80.0 cm³/mol. The highest BCUT2D eigenvalue weighted by molar-refractivity contribution is 5.85. The molecule has 1 aromatic rings. The molecule has 0 atom stereocenters. The molecule has 1 rings (SSSR count). The minimum atomic E-state index is -0.406. The number of hydrogen-bond donors (Lipinski definition) is 2. The molecular formula is C13H20ClN3O3. The summed E-state index contributed by atoms with van der Waals surface area (Å²) in [6.45, 7) is 1.01. The van der Waals surface area contributed by atoms with Gasteiger partial charge >= 0.3 is 0 Å². The van der Waals surface area contributed by atoms with Gasteiger partial charge in [-0.15, -0.1) is 12.4 Å². The van der Waals surface area contributed by atoms with Crippen LogP contribution in [0, 0.1) is 10.1 Å². The van der Waals surface area contributed by atoms with Crippen molar-refractivity contribution in [2.75, 3.05) is 13.1 Å². The van der Waals surface area contributed by atoms with E-state index in [0.29, 0.717) is 19.5 Å². The molecule has 0 aliphatic rings. The maximum Gasteiger partial charge on any atom is 0.269 e. The largest absolute Gasteiger partial charge is 0.356 e. The average Bonchev–Trinajstić information content (AvgIpc) is 2.39. The summed E-state index contributed by atoms with van der Waals surface area (Å²) in [6, 6.07) is 6.56. The Morgan fingerprint density at radius 1 is 1.25 bits per heavy atom. The standard InChI is InChI=1S/C13H19N3O3.ClH/c14-9-8-13(17)15-10-2-1-3-11-4-6-12(7-5-11)16(18)19;/h4-7H,1-3,8-10,14H2,(H,15,17);1H. The van der Waals surface area contributed by atoms with Crippen LogP contribution in [-0.4, -0.2) is 23.9 Å². The van der Waals surface area contributed by atoms with Crippen molar-refractivity contribution < 1.29 is 9.72 Å². The van der Waals surface area contributed by atoms with Crippen LogP contribution in [-0.2, 0) is 11.2 Å². The summed E-state index contributed by atoms with van der Waals surface area (Å²) in [5.74, 6) is -0.0159. The normalized spacial score (nSPS) is 9.65. The highest BCUT2D eigenvalue weighted by atomic mass is 35.5. The molecule has 1 amide bonds. The Bertz CT molecular complexity index is 423. The fourth-order valence-electron chi connectivity index (χ4n) is 1.69.